The highest BCUT2D eigenvalue weighted by atomic mass is 32.1. The Hall–Kier alpha value is -7.35. The Morgan fingerprint density at radius 1 is 0.357 bits per heavy atom. The van der Waals surface area contributed by atoms with Crippen molar-refractivity contribution >= 4 is 53.4 Å². The van der Waals surface area contributed by atoms with Crippen LogP contribution >= 0.6 is 11.3 Å². The van der Waals surface area contributed by atoms with Crippen molar-refractivity contribution in [2.45, 2.75) is 0 Å². The molecule has 7 heteroatoms. The summed E-state index contributed by atoms with van der Waals surface area (Å²) < 4.78 is 8.73. The molecule has 56 heavy (non-hydrogen) atoms. The van der Waals surface area contributed by atoms with E-state index in [1.807, 2.05) is 97.1 Å². The van der Waals surface area contributed by atoms with Gasteiger partial charge in [0.15, 0.2) is 23.3 Å². The topological polar surface area (TPSA) is 77.6 Å². The number of benzene rings is 7. The van der Waals surface area contributed by atoms with E-state index >= 15 is 0 Å². The third kappa shape index (κ3) is 5.52. The van der Waals surface area contributed by atoms with E-state index in [4.69, 9.17) is 29.3 Å². The van der Waals surface area contributed by atoms with Gasteiger partial charge in [0.25, 0.3) is 0 Å². The molecular weight excluding hydrogens is 707 g/mol. The molecule has 0 N–H and O–H groups in total. The summed E-state index contributed by atoms with van der Waals surface area (Å²) in [6.45, 7) is 0. The van der Waals surface area contributed by atoms with Crippen molar-refractivity contribution in [1.82, 2.24) is 24.9 Å². The van der Waals surface area contributed by atoms with Crippen LogP contribution in [0.4, 0.5) is 0 Å². The molecule has 0 aliphatic heterocycles. The SMILES string of the molecule is c1ccc(-c2cc(-c3cccc4sc5cc(-c6nc(-c7ccccc7)nc(-c7cccc8c7oc7ccccc78)n6)ccc5c34)nc(-c3ccccc3)n2)cc1. The zero-order chi connectivity index (χ0) is 37.0. The van der Waals surface area contributed by atoms with Crippen molar-refractivity contribution in [3.05, 3.63) is 176 Å². The first kappa shape index (κ1) is 32.1. The minimum absolute atomic E-state index is 0.560. The van der Waals surface area contributed by atoms with Gasteiger partial charge in [-0.25, -0.2) is 24.9 Å². The average Bonchev–Trinajstić information content (AvgIpc) is 3.85. The van der Waals surface area contributed by atoms with Crippen LogP contribution in [0.5, 0.6) is 0 Å². The number of hydrogen-bond donors (Lipinski definition) is 0. The second kappa shape index (κ2) is 13.2. The van der Waals surface area contributed by atoms with E-state index in [0.29, 0.717) is 23.3 Å². The van der Waals surface area contributed by atoms with Crippen LogP contribution in [-0.4, -0.2) is 24.9 Å². The Morgan fingerprint density at radius 3 is 1.71 bits per heavy atom. The van der Waals surface area contributed by atoms with E-state index in [1.54, 1.807) is 11.3 Å². The molecule has 7 aromatic carbocycles. The largest absolute Gasteiger partial charge is 0.455 e. The molecule has 0 aliphatic carbocycles. The normalized spacial score (nSPS) is 11.6. The standard InChI is InChI=1S/C49H29N5OS/c1-4-14-30(15-5-1)39-29-40(51-46(50-39)31-16-6-2-7-17-31)36-22-13-25-42-44(36)37-27-26-33(28-43(37)56-42)48-52-47(32-18-8-3-9-19-32)53-49(54-48)38-23-12-21-35-34-20-10-11-24-41(34)55-45(35)38/h1-29H. The highest BCUT2D eigenvalue weighted by Gasteiger charge is 2.20. The number of nitrogens with zero attached hydrogens (tertiary/aromatic N) is 5. The lowest BCUT2D eigenvalue weighted by Gasteiger charge is -2.11. The van der Waals surface area contributed by atoms with Gasteiger partial charge < -0.3 is 4.42 Å². The highest BCUT2D eigenvalue weighted by Crippen LogP contribution is 2.42. The maximum atomic E-state index is 6.43. The highest BCUT2D eigenvalue weighted by molar-refractivity contribution is 7.26. The molecule has 0 aliphatic rings. The summed E-state index contributed by atoms with van der Waals surface area (Å²) in [5.41, 5.74) is 9.06. The smallest absolute Gasteiger partial charge is 0.167 e. The quantitative estimate of drug-likeness (QED) is 0.169. The predicted molar refractivity (Wildman–Crippen MR) is 228 cm³/mol. The Bertz CT molecular complexity index is 3190. The zero-order valence-electron chi connectivity index (χ0n) is 29.8. The molecule has 0 unspecified atom stereocenters. The van der Waals surface area contributed by atoms with E-state index in [1.165, 1.54) is 4.70 Å². The molecule has 0 bridgehead atoms. The molecule has 0 amide bonds. The van der Waals surface area contributed by atoms with E-state index in [9.17, 15) is 0 Å². The molecule has 0 saturated carbocycles. The van der Waals surface area contributed by atoms with Crippen molar-refractivity contribution in [2.24, 2.45) is 0 Å². The summed E-state index contributed by atoms with van der Waals surface area (Å²) in [6, 6.07) is 59.9. The maximum absolute atomic E-state index is 6.43. The van der Waals surface area contributed by atoms with Crippen molar-refractivity contribution in [3.63, 3.8) is 0 Å². The summed E-state index contributed by atoms with van der Waals surface area (Å²) in [4.78, 5) is 25.4. The number of aromatic nitrogens is 5. The van der Waals surface area contributed by atoms with Gasteiger partial charge in [0.05, 0.1) is 17.0 Å². The second-order valence-corrected chi connectivity index (χ2v) is 14.7. The molecule has 4 aromatic heterocycles. The Labute approximate surface area is 325 Å². The van der Waals surface area contributed by atoms with E-state index in [-0.39, 0.29) is 0 Å². The summed E-state index contributed by atoms with van der Waals surface area (Å²) in [6.07, 6.45) is 0. The minimum Gasteiger partial charge on any atom is -0.455 e. The predicted octanol–water partition coefficient (Wildman–Crippen LogP) is 12.9. The van der Waals surface area contributed by atoms with Crippen molar-refractivity contribution in [3.8, 4) is 68.1 Å². The molecule has 0 atom stereocenters. The molecule has 0 spiro atoms. The average molecular weight is 736 g/mol. The number of hydrogen-bond acceptors (Lipinski definition) is 7. The van der Waals surface area contributed by atoms with E-state index < -0.39 is 0 Å². The maximum Gasteiger partial charge on any atom is 0.167 e. The van der Waals surface area contributed by atoms with E-state index in [0.717, 1.165) is 82.2 Å². The number of furan rings is 1. The van der Waals surface area contributed by atoms with Crippen LogP contribution in [0.2, 0.25) is 0 Å². The van der Waals surface area contributed by atoms with Crippen LogP contribution in [0.25, 0.3) is 110 Å². The van der Waals surface area contributed by atoms with E-state index in [2.05, 4.69) is 78.9 Å². The lowest BCUT2D eigenvalue weighted by molar-refractivity contribution is 0.669. The Morgan fingerprint density at radius 2 is 0.946 bits per heavy atom. The summed E-state index contributed by atoms with van der Waals surface area (Å²) in [5.74, 6) is 2.45. The van der Waals surface area contributed by atoms with Gasteiger partial charge in [-0.3, -0.25) is 0 Å². The number of thiophene rings is 1. The van der Waals surface area contributed by atoms with Crippen molar-refractivity contribution < 1.29 is 4.42 Å². The molecule has 262 valence electrons. The Kier molecular flexibility index (Phi) is 7.57. The second-order valence-electron chi connectivity index (χ2n) is 13.6. The van der Waals surface area contributed by atoms with Gasteiger partial charge in [0, 0.05) is 58.8 Å². The van der Waals surface area contributed by atoms with Crippen LogP contribution in [-0.2, 0) is 0 Å². The number of para-hydroxylation sites is 2. The van der Waals surface area contributed by atoms with Crippen molar-refractivity contribution in [1.29, 1.82) is 0 Å². The zero-order valence-corrected chi connectivity index (χ0v) is 30.6. The van der Waals surface area contributed by atoms with Crippen LogP contribution < -0.4 is 0 Å². The van der Waals surface area contributed by atoms with Crippen LogP contribution in [0.15, 0.2) is 180 Å². The van der Waals surface area contributed by atoms with Gasteiger partial charge in [0.2, 0.25) is 0 Å². The lowest BCUT2D eigenvalue weighted by Crippen LogP contribution is -2.00. The summed E-state index contributed by atoms with van der Waals surface area (Å²) in [5, 5.41) is 4.40. The van der Waals surface area contributed by atoms with Crippen LogP contribution in [0.1, 0.15) is 0 Å². The number of rotatable bonds is 6. The van der Waals surface area contributed by atoms with Crippen LogP contribution in [0, 0.1) is 0 Å². The third-order valence-corrected chi connectivity index (χ3v) is 11.3. The summed E-state index contributed by atoms with van der Waals surface area (Å²) >= 11 is 1.76. The molecule has 6 nitrogen and oxygen atoms in total. The molecular formula is C49H29N5OS. The number of fused-ring (bicyclic) bond motifs is 6. The summed E-state index contributed by atoms with van der Waals surface area (Å²) in [7, 11) is 0. The molecule has 0 fully saturated rings. The van der Waals surface area contributed by atoms with Gasteiger partial charge >= 0.3 is 0 Å². The van der Waals surface area contributed by atoms with Crippen molar-refractivity contribution in [2.75, 3.05) is 0 Å². The fraction of sp³-hybridized carbons (Fsp3) is 0. The minimum atomic E-state index is 0.560. The Balaban J connectivity index is 1.08. The molecule has 11 rings (SSSR count). The van der Waals surface area contributed by atoms with Gasteiger partial charge in [0.1, 0.15) is 11.2 Å². The third-order valence-electron chi connectivity index (χ3n) is 10.2. The molecule has 4 heterocycles. The fourth-order valence-corrected chi connectivity index (χ4v) is 8.67. The first-order chi connectivity index (χ1) is 27.7. The van der Waals surface area contributed by atoms with Crippen LogP contribution in [0.3, 0.4) is 0 Å². The van der Waals surface area contributed by atoms with Gasteiger partial charge in [-0.1, -0.05) is 146 Å². The van der Waals surface area contributed by atoms with Gasteiger partial charge in [-0.05, 0) is 30.3 Å². The first-order valence-corrected chi connectivity index (χ1v) is 19.2. The monoisotopic (exact) mass is 735 g/mol. The molecule has 0 saturated heterocycles. The first-order valence-electron chi connectivity index (χ1n) is 18.4. The molecule has 11 aromatic rings. The van der Waals surface area contributed by atoms with Gasteiger partial charge in [-0.2, -0.15) is 0 Å². The molecule has 0 radical (unpaired) electrons. The van der Waals surface area contributed by atoms with Gasteiger partial charge in [-0.15, -0.1) is 11.3 Å². The lowest BCUT2D eigenvalue weighted by atomic mass is 10.0. The fourth-order valence-electron chi connectivity index (χ4n) is 7.50.